The molecule has 1 aliphatic heterocycles. The first-order valence-electron chi connectivity index (χ1n) is 5.91. The lowest BCUT2D eigenvalue weighted by atomic mass is 10.1. The van der Waals surface area contributed by atoms with E-state index in [0.717, 1.165) is 19.3 Å². The SMILES string of the molecule is CCCCCN1C(=O)c2cccc(N)c2C1=O. The Morgan fingerprint density at radius 2 is 1.94 bits per heavy atom. The lowest BCUT2D eigenvalue weighted by Gasteiger charge is -2.12. The standard InChI is InChI=1S/C13H16N2O2/c1-2-3-4-8-15-12(16)9-6-5-7-10(14)11(9)13(15)17/h5-7H,2-4,8,14H2,1H3. The smallest absolute Gasteiger partial charge is 0.263 e. The van der Waals surface area contributed by atoms with Crippen molar-refractivity contribution in [2.75, 3.05) is 12.3 Å². The quantitative estimate of drug-likeness (QED) is 0.491. The monoisotopic (exact) mass is 232 g/mol. The molecule has 0 radical (unpaired) electrons. The van der Waals surface area contributed by atoms with Gasteiger partial charge in [0.15, 0.2) is 0 Å². The number of benzene rings is 1. The minimum atomic E-state index is -0.251. The van der Waals surface area contributed by atoms with Crippen LogP contribution in [0.3, 0.4) is 0 Å². The van der Waals surface area contributed by atoms with Gasteiger partial charge in [-0.2, -0.15) is 0 Å². The molecule has 0 bridgehead atoms. The summed E-state index contributed by atoms with van der Waals surface area (Å²) < 4.78 is 0. The van der Waals surface area contributed by atoms with Gasteiger partial charge in [0.05, 0.1) is 11.1 Å². The second kappa shape index (κ2) is 4.57. The summed E-state index contributed by atoms with van der Waals surface area (Å²) in [6, 6.07) is 5.01. The van der Waals surface area contributed by atoms with Crippen molar-refractivity contribution in [3.8, 4) is 0 Å². The molecule has 0 spiro atoms. The third kappa shape index (κ3) is 1.90. The van der Waals surface area contributed by atoms with Gasteiger partial charge in [-0.1, -0.05) is 25.8 Å². The van der Waals surface area contributed by atoms with E-state index >= 15 is 0 Å². The highest BCUT2D eigenvalue weighted by molar-refractivity contribution is 6.23. The summed E-state index contributed by atoms with van der Waals surface area (Å²) >= 11 is 0. The summed E-state index contributed by atoms with van der Waals surface area (Å²) in [7, 11) is 0. The molecule has 0 saturated carbocycles. The first-order valence-corrected chi connectivity index (χ1v) is 5.91. The van der Waals surface area contributed by atoms with Crippen molar-refractivity contribution >= 4 is 17.5 Å². The van der Waals surface area contributed by atoms with Crippen molar-refractivity contribution in [3.63, 3.8) is 0 Å². The van der Waals surface area contributed by atoms with E-state index in [4.69, 9.17) is 5.73 Å². The van der Waals surface area contributed by atoms with E-state index in [9.17, 15) is 9.59 Å². The van der Waals surface area contributed by atoms with Gasteiger partial charge in [-0.15, -0.1) is 0 Å². The van der Waals surface area contributed by atoms with Gasteiger partial charge < -0.3 is 5.73 Å². The third-order valence-corrected chi connectivity index (χ3v) is 3.02. The summed E-state index contributed by atoms with van der Waals surface area (Å²) in [5, 5.41) is 0. The second-order valence-electron chi connectivity index (χ2n) is 4.24. The van der Waals surface area contributed by atoms with E-state index in [2.05, 4.69) is 6.92 Å². The number of carbonyl (C=O) groups is 2. The number of hydrogen-bond donors (Lipinski definition) is 1. The predicted molar refractivity (Wildman–Crippen MR) is 65.7 cm³/mol. The highest BCUT2D eigenvalue weighted by atomic mass is 16.2. The van der Waals surface area contributed by atoms with Crippen LogP contribution in [-0.2, 0) is 0 Å². The number of unbranched alkanes of at least 4 members (excludes halogenated alkanes) is 2. The van der Waals surface area contributed by atoms with Crippen LogP contribution in [0.4, 0.5) is 5.69 Å². The molecule has 4 heteroatoms. The predicted octanol–water partition coefficient (Wildman–Crippen LogP) is 2.06. The Hall–Kier alpha value is -1.84. The second-order valence-corrected chi connectivity index (χ2v) is 4.24. The van der Waals surface area contributed by atoms with Crippen molar-refractivity contribution in [1.29, 1.82) is 0 Å². The van der Waals surface area contributed by atoms with Gasteiger partial charge in [-0.25, -0.2) is 0 Å². The molecule has 2 amide bonds. The van der Waals surface area contributed by atoms with Crippen LogP contribution in [0.15, 0.2) is 18.2 Å². The molecule has 1 aromatic rings. The van der Waals surface area contributed by atoms with Crippen molar-refractivity contribution in [1.82, 2.24) is 4.90 Å². The van der Waals surface area contributed by atoms with Crippen LogP contribution in [-0.4, -0.2) is 23.3 Å². The topological polar surface area (TPSA) is 63.4 Å². The van der Waals surface area contributed by atoms with E-state index in [1.807, 2.05) is 0 Å². The maximum Gasteiger partial charge on any atom is 0.263 e. The van der Waals surface area contributed by atoms with Crippen LogP contribution in [0.25, 0.3) is 0 Å². The third-order valence-electron chi connectivity index (χ3n) is 3.02. The maximum absolute atomic E-state index is 12.0. The van der Waals surface area contributed by atoms with Gasteiger partial charge in [0.25, 0.3) is 11.8 Å². The van der Waals surface area contributed by atoms with Crippen LogP contribution in [0, 0.1) is 0 Å². The molecular formula is C13H16N2O2. The molecule has 0 saturated heterocycles. The number of anilines is 1. The van der Waals surface area contributed by atoms with Crippen molar-refractivity contribution < 1.29 is 9.59 Å². The lowest BCUT2D eigenvalue weighted by Crippen LogP contribution is -2.30. The van der Waals surface area contributed by atoms with E-state index in [0.29, 0.717) is 23.4 Å². The first-order chi connectivity index (χ1) is 8.16. The number of hydrogen-bond acceptors (Lipinski definition) is 3. The number of nitrogens with zero attached hydrogens (tertiary/aromatic N) is 1. The van der Waals surface area contributed by atoms with E-state index in [1.54, 1.807) is 18.2 Å². The highest BCUT2D eigenvalue weighted by Crippen LogP contribution is 2.27. The summed E-state index contributed by atoms with van der Waals surface area (Å²) in [5.74, 6) is -0.465. The molecule has 0 unspecified atom stereocenters. The van der Waals surface area contributed by atoms with Crippen LogP contribution < -0.4 is 5.73 Å². The minimum Gasteiger partial charge on any atom is -0.398 e. The number of carbonyl (C=O) groups excluding carboxylic acids is 2. The molecule has 1 aliphatic rings. The number of imide groups is 1. The molecule has 0 fully saturated rings. The molecule has 1 heterocycles. The van der Waals surface area contributed by atoms with Crippen LogP contribution in [0.1, 0.15) is 46.9 Å². The zero-order valence-electron chi connectivity index (χ0n) is 9.90. The molecule has 4 nitrogen and oxygen atoms in total. The average Bonchev–Trinajstić information content (AvgIpc) is 2.55. The van der Waals surface area contributed by atoms with E-state index < -0.39 is 0 Å². The largest absolute Gasteiger partial charge is 0.398 e. The molecule has 2 rings (SSSR count). The van der Waals surface area contributed by atoms with Crippen LogP contribution in [0.5, 0.6) is 0 Å². The van der Waals surface area contributed by atoms with Gasteiger partial charge in [0, 0.05) is 12.2 Å². The Balaban J connectivity index is 2.24. The molecular weight excluding hydrogens is 216 g/mol. The minimum absolute atomic E-state index is 0.214. The molecule has 0 aromatic heterocycles. The molecule has 0 aliphatic carbocycles. The lowest BCUT2D eigenvalue weighted by molar-refractivity contribution is 0.0652. The zero-order valence-corrected chi connectivity index (χ0v) is 9.90. The summed E-state index contributed by atoms with van der Waals surface area (Å²) in [4.78, 5) is 25.4. The van der Waals surface area contributed by atoms with Crippen LogP contribution in [0.2, 0.25) is 0 Å². The number of rotatable bonds is 4. The summed E-state index contributed by atoms with van der Waals surface area (Å²) in [5.41, 5.74) is 6.94. The molecule has 0 atom stereocenters. The number of fused-ring (bicyclic) bond motifs is 1. The number of amides is 2. The molecule has 1 aromatic carbocycles. The average molecular weight is 232 g/mol. The first kappa shape index (κ1) is 11.6. The zero-order chi connectivity index (χ0) is 12.4. The van der Waals surface area contributed by atoms with E-state index in [1.165, 1.54) is 4.90 Å². The molecule has 90 valence electrons. The maximum atomic E-state index is 12.0. The van der Waals surface area contributed by atoms with Gasteiger partial charge in [0.2, 0.25) is 0 Å². The van der Waals surface area contributed by atoms with Crippen molar-refractivity contribution in [2.24, 2.45) is 0 Å². The Morgan fingerprint density at radius 3 is 2.59 bits per heavy atom. The van der Waals surface area contributed by atoms with Gasteiger partial charge in [0.1, 0.15) is 0 Å². The van der Waals surface area contributed by atoms with Crippen molar-refractivity contribution in [3.05, 3.63) is 29.3 Å². The summed E-state index contributed by atoms with van der Waals surface area (Å²) in [6.07, 6.45) is 2.93. The molecule has 17 heavy (non-hydrogen) atoms. The molecule has 2 N–H and O–H groups in total. The summed E-state index contributed by atoms with van der Waals surface area (Å²) in [6.45, 7) is 2.57. The Labute approximate surface area is 100 Å². The highest BCUT2D eigenvalue weighted by Gasteiger charge is 2.36. The number of nitrogens with two attached hydrogens (primary N) is 1. The normalized spacial score (nSPS) is 14.3. The fourth-order valence-corrected chi connectivity index (χ4v) is 2.08. The van der Waals surface area contributed by atoms with Crippen LogP contribution >= 0.6 is 0 Å². The van der Waals surface area contributed by atoms with E-state index in [-0.39, 0.29) is 11.8 Å². The number of nitrogen functional groups attached to an aromatic ring is 1. The fourth-order valence-electron chi connectivity index (χ4n) is 2.08. The van der Waals surface area contributed by atoms with Gasteiger partial charge in [-0.3, -0.25) is 14.5 Å². The fraction of sp³-hybridized carbons (Fsp3) is 0.385. The Kier molecular flexibility index (Phi) is 3.13. The Morgan fingerprint density at radius 1 is 1.18 bits per heavy atom. The van der Waals surface area contributed by atoms with Gasteiger partial charge >= 0.3 is 0 Å². The van der Waals surface area contributed by atoms with Gasteiger partial charge in [-0.05, 0) is 18.6 Å². The Bertz CT molecular complexity index is 468. The van der Waals surface area contributed by atoms with Crippen molar-refractivity contribution in [2.45, 2.75) is 26.2 Å².